The summed E-state index contributed by atoms with van der Waals surface area (Å²) < 4.78 is 29.5. The molecule has 0 aliphatic carbocycles. The molecule has 0 bridgehead atoms. The quantitative estimate of drug-likeness (QED) is 0.624. The van der Waals surface area contributed by atoms with Crippen LogP contribution in [-0.4, -0.2) is 68.1 Å². The fraction of sp³-hybridized carbons (Fsp3) is 0.500. The first-order valence-electron chi connectivity index (χ1n) is 7.56. The molecule has 1 aliphatic heterocycles. The van der Waals surface area contributed by atoms with E-state index in [0.717, 1.165) is 6.26 Å². The predicted octanol–water partition coefficient (Wildman–Crippen LogP) is 1.10. The molecule has 1 aliphatic rings. The molecule has 10 nitrogen and oxygen atoms in total. The number of carbonyl (C=O) groups excluding carboxylic acids is 1. The first kappa shape index (κ1) is 18.9. The average Bonchev–Trinajstić information content (AvgIpc) is 2.81. The van der Waals surface area contributed by atoms with Crippen LogP contribution in [0.4, 0.5) is 16.2 Å². The second kappa shape index (κ2) is 7.66. The van der Waals surface area contributed by atoms with Gasteiger partial charge in [0.1, 0.15) is 11.4 Å². The Morgan fingerprint density at radius 3 is 2.60 bits per heavy atom. The number of methoxy groups -OCH3 is 1. The number of benzene rings is 1. The predicted molar refractivity (Wildman–Crippen MR) is 91.3 cm³/mol. The Kier molecular flexibility index (Phi) is 5.80. The lowest BCUT2D eigenvalue weighted by molar-refractivity contribution is -0.384. The zero-order chi connectivity index (χ0) is 18.6. The van der Waals surface area contributed by atoms with Gasteiger partial charge in [0.2, 0.25) is 10.0 Å². The van der Waals surface area contributed by atoms with Crippen molar-refractivity contribution in [2.24, 2.45) is 0 Å². The Morgan fingerprint density at radius 1 is 1.28 bits per heavy atom. The molecule has 1 saturated heterocycles. The minimum atomic E-state index is -3.31. The number of carbonyl (C=O) groups is 1. The first-order valence-corrected chi connectivity index (χ1v) is 9.40. The lowest BCUT2D eigenvalue weighted by Gasteiger charge is -2.21. The number of ether oxygens (including phenoxy) is 1. The Morgan fingerprint density at radius 2 is 2.00 bits per heavy atom. The van der Waals surface area contributed by atoms with Crippen molar-refractivity contribution in [2.75, 3.05) is 44.9 Å². The van der Waals surface area contributed by atoms with Crippen LogP contribution < -0.4 is 10.1 Å². The number of urea groups is 1. The largest absolute Gasteiger partial charge is 0.496 e. The number of nitro benzene ring substituents is 1. The number of nitrogens with one attached hydrogen (secondary N) is 1. The van der Waals surface area contributed by atoms with E-state index in [1.165, 1.54) is 34.5 Å². The Balaban J connectivity index is 2.11. The van der Waals surface area contributed by atoms with E-state index < -0.39 is 21.0 Å². The van der Waals surface area contributed by atoms with E-state index in [1.807, 2.05) is 0 Å². The van der Waals surface area contributed by atoms with Gasteiger partial charge in [-0.05, 0) is 18.6 Å². The number of anilines is 1. The molecular formula is C14H20N4O6S. The van der Waals surface area contributed by atoms with Gasteiger partial charge in [-0.2, -0.15) is 0 Å². The molecule has 138 valence electrons. The van der Waals surface area contributed by atoms with Gasteiger partial charge in [-0.3, -0.25) is 10.1 Å². The molecule has 0 spiro atoms. The number of nitrogens with zero attached hydrogens (tertiary/aromatic N) is 3. The summed E-state index contributed by atoms with van der Waals surface area (Å²) in [4.78, 5) is 24.4. The smallest absolute Gasteiger partial charge is 0.322 e. The summed E-state index contributed by atoms with van der Waals surface area (Å²) in [5.41, 5.74) is -0.222. The number of amides is 2. The van der Waals surface area contributed by atoms with Gasteiger partial charge in [-0.15, -0.1) is 0 Å². The summed E-state index contributed by atoms with van der Waals surface area (Å²) >= 11 is 0. The van der Waals surface area contributed by atoms with Crippen molar-refractivity contribution in [1.82, 2.24) is 9.21 Å². The molecule has 11 heteroatoms. The highest BCUT2D eigenvalue weighted by atomic mass is 32.2. The van der Waals surface area contributed by atoms with E-state index in [0.29, 0.717) is 25.3 Å². The van der Waals surface area contributed by atoms with E-state index >= 15 is 0 Å². The third-order valence-electron chi connectivity index (χ3n) is 3.85. The van der Waals surface area contributed by atoms with Crippen molar-refractivity contribution < 1.29 is 22.9 Å². The minimum Gasteiger partial charge on any atom is -0.496 e. The molecule has 1 N–H and O–H groups in total. The lowest BCUT2D eigenvalue weighted by Crippen LogP contribution is -2.39. The SMILES string of the molecule is COc1ccc(NC(=O)N2CCCN(S(C)(=O)=O)CC2)c([N+](=O)[O-])c1. The van der Waals surface area contributed by atoms with Gasteiger partial charge in [-0.25, -0.2) is 17.5 Å². The van der Waals surface area contributed by atoms with Crippen molar-refractivity contribution in [2.45, 2.75) is 6.42 Å². The number of hydrogen-bond acceptors (Lipinski definition) is 6. The summed E-state index contributed by atoms with van der Waals surface area (Å²) in [6.45, 7) is 1.10. The number of hydrogen-bond donors (Lipinski definition) is 1. The van der Waals surface area contributed by atoms with Gasteiger partial charge in [0, 0.05) is 26.2 Å². The summed E-state index contributed by atoms with van der Waals surface area (Å²) in [6.07, 6.45) is 1.62. The van der Waals surface area contributed by atoms with E-state index in [4.69, 9.17) is 4.74 Å². The fourth-order valence-electron chi connectivity index (χ4n) is 2.52. The van der Waals surface area contributed by atoms with Crippen LogP contribution in [0.3, 0.4) is 0 Å². The fourth-order valence-corrected chi connectivity index (χ4v) is 3.39. The number of rotatable bonds is 4. The maximum absolute atomic E-state index is 12.4. The van der Waals surface area contributed by atoms with Crippen molar-refractivity contribution in [3.05, 3.63) is 28.3 Å². The van der Waals surface area contributed by atoms with Gasteiger partial charge in [0.25, 0.3) is 5.69 Å². The molecule has 0 radical (unpaired) electrons. The summed E-state index contributed by atoms with van der Waals surface area (Å²) in [6, 6.07) is 3.62. The van der Waals surface area contributed by atoms with Crippen LogP contribution in [0.25, 0.3) is 0 Å². The topological polar surface area (TPSA) is 122 Å². The lowest BCUT2D eigenvalue weighted by atomic mass is 10.2. The third-order valence-corrected chi connectivity index (χ3v) is 5.16. The van der Waals surface area contributed by atoms with Gasteiger partial charge in [0.15, 0.2) is 0 Å². The van der Waals surface area contributed by atoms with Crippen LogP contribution in [0.1, 0.15) is 6.42 Å². The maximum atomic E-state index is 12.4. The summed E-state index contributed by atoms with van der Waals surface area (Å²) in [7, 11) is -1.92. The standard InChI is InChI=1S/C14H20N4O6S/c1-24-11-4-5-12(13(10-11)18(20)21)15-14(19)16-6-3-7-17(9-8-16)25(2,22)23/h4-5,10H,3,6-9H2,1-2H3,(H,15,19). The second-order valence-electron chi connectivity index (χ2n) is 5.57. The molecule has 0 atom stereocenters. The first-order chi connectivity index (χ1) is 11.7. The molecule has 1 aromatic rings. The van der Waals surface area contributed by atoms with E-state index in [9.17, 15) is 23.3 Å². The van der Waals surface area contributed by atoms with Crippen molar-refractivity contribution in [1.29, 1.82) is 0 Å². The molecule has 1 aromatic carbocycles. The van der Waals surface area contributed by atoms with Crippen LogP contribution >= 0.6 is 0 Å². The molecular weight excluding hydrogens is 352 g/mol. The van der Waals surface area contributed by atoms with Crippen molar-refractivity contribution in [3.63, 3.8) is 0 Å². The van der Waals surface area contributed by atoms with Gasteiger partial charge >= 0.3 is 6.03 Å². The van der Waals surface area contributed by atoms with Crippen LogP contribution in [0.5, 0.6) is 5.75 Å². The molecule has 1 heterocycles. The zero-order valence-corrected chi connectivity index (χ0v) is 14.8. The Bertz CT molecular complexity index is 767. The molecule has 0 saturated carbocycles. The minimum absolute atomic E-state index is 0.0556. The second-order valence-corrected chi connectivity index (χ2v) is 7.56. The van der Waals surface area contributed by atoms with Crippen LogP contribution in [0, 0.1) is 10.1 Å². The molecule has 1 fully saturated rings. The monoisotopic (exact) mass is 372 g/mol. The van der Waals surface area contributed by atoms with Crippen molar-refractivity contribution in [3.8, 4) is 5.75 Å². The molecule has 2 amide bonds. The molecule has 25 heavy (non-hydrogen) atoms. The van der Waals surface area contributed by atoms with Gasteiger partial charge in [-0.1, -0.05) is 0 Å². The van der Waals surface area contributed by atoms with Crippen LogP contribution in [-0.2, 0) is 10.0 Å². The van der Waals surface area contributed by atoms with Crippen molar-refractivity contribution >= 4 is 27.4 Å². The normalized spacial score (nSPS) is 16.2. The average molecular weight is 372 g/mol. The van der Waals surface area contributed by atoms with Gasteiger partial charge in [0.05, 0.1) is 24.4 Å². The van der Waals surface area contributed by atoms with Crippen LogP contribution in [0.15, 0.2) is 18.2 Å². The van der Waals surface area contributed by atoms with E-state index in [-0.39, 0.29) is 24.5 Å². The molecule has 0 aromatic heterocycles. The third kappa shape index (κ3) is 4.79. The Labute approximate surface area is 145 Å². The summed E-state index contributed by atoms with van der Waals surface area (Å²) in [5.74, 6) is 0.309. The number of nitro groups is 1. The van der Waals surface area contributed by atoms with Gasteiger partial charge < -0.3 is 15.0 Å². The van der Waals surface area contributed by atoms with E-state index in [1.54, 1.807) is 0 Å². The molecule has 2 rings (SSSR count). The molecule has 0 unspecified atom stereocenters. The summed E-state index contributed by atoms with van der Waals surface area (Å²) in [5, 5.41) is 13.7. The number of sulfonamides is 1. The Hall–Kier alpha value is -2.40. The highest BCUT2D eigenvalue weighted by Crippen LogP contribution is 2.29. The highest BCUT2D eigenvalue weighted by molar-refractivity contribution is 7.88. The van der Waals surface area contributed by atoms with Crippen LogP contribution in [0.2, 0.25) is 0 Å². The maximum Gasteiger partial charge on any atom is 0.322 e. The highest BCUT2D eigenvalue weighted by Gasteiger charge is 2.25. The zero-order valence-electron chi connectivity index (χ0n) is 14.0. The van der Waals surface area contributed by atoms with E-state index in [2.05, 4.69) is 5.32 Å².